The minimum absolute atomic E-state index is 0.00346. The maximum absolute atomic E-state index is 13.6. The Balaban J connectivity index is 1.62. The van der Waals surface area contributed by atoms with Crippen LogP contribution in [0.5, 0.6) is 0 Å². The number of nitrogens with one attached hydrogen (secondary N) is 2. The number of aromatic nitrogens is 4. The van der Waals surface area contributed by atoms with Crippen molar-refractivity contribution in [1.82, 2.24) is 34.9 Å². The van der Waals surface area contributed by atoms with Crippen LogP contribution in [0.2, 0.25) is 0 Å². The third-order valence-electron chi connectivity index (χ3n) is 7.36. The van der Waals surface area contributed by atoms with Crippen molar-refractivity contribution >= 4 is 40.3 Å². The number of carbonyl (C=O) groups excluding carboxylic acids is 3. The molecule has 12 heteroatoms. The van der Waals surface area contributed by atoms with E-state index in [1.165, 1.54) is 6.33 Å². The molecule has 1 saturated heterocycles. The second-order valence-electron chi connectivity index (χ2n) is 10.2. The summed E-state index contributed by atoms with van der Waals surface area (Å²) < 4.78 is 1.70. The van der Waals surface area contributed by atoms with Crippen molar-refractivity contribution in [2.45, 2.75) is 39.2 Å². The summed E-state index contributed by atoms with van der Waals surface area (Å²) >= 11 is 0. The molecule has 3 amide bonds. The standard InChI is InChI=1S/C28H37N9O3/c1-17-18(2)21(11-10-19(17)14-23(39)35(4)5)33-28(40)25-24-26(29)31-16-32-27(24)37(34-25)20-8-7-13-36(15-20)22(38)9-6-12-30-3/h6,9-11,16,20,30H,7-8,12-15H2,1-5H3,(H,33,40)(H2,29,31,32)/b9-6+. The van der Waals surface area contributed by atoms with Crippen LogP contribution >= 0.6 is 0 Å². The van der Waals surface area contributed by atoms with E-state index in [0.29, 0.717) is 36.4 Å². The quantitative estimate of drug-likeness (QED) is 0.362. The molecule has 0 radical (unpaired) electrons. The number of hydrogen-bond acceptors (Lipinski definition) is 8. The Bertz CT molecular complexity index is 1460. The largest absolute Gasteiger partial charge is 0.383 e. The molecule has 0 saturated carbocycles. The lowest BCUT2D eigenvalue weighted by molar-refractivity contribution is -0.128. The minimum Gasteiger partial charge on any atom is -0.383 e. The molecule has 1 unspecified atom stereocenters. The predicted molar refractivity (Wildman–Crippen MR) is 154 cm³/mol. The van der Waals surface area contributed by atoms with E-state index in [1.807, 2.05) is 27.0 Å². The van der Waals surface area contributed by atoms with Crippen molar-refractivity contribution in [3.63, 3.8) is 0 Å². The highest BCUT2D eigenvalue weighted by Crippen LogP contribution is 2.30. The van der Waals surface area contributed by atoms with E-state index in [-0.39, 0.29) is 35.8 Å². The van der Waals surface area contributed by atoms with Crippen molar-refractivity contribution in [3.8, 4) is 0 Å². The maximum atomic E-state index is 13.6. The van der Waals surface area contributed by atoms with Gasteiger partial charge in [-0.3, -0.25) is 14.4 Å². The van der Waals surface area contributed by atoms with Gasteiger partial charge >= 0.3 is 0 Å². The maximum Gasteiger partial charge on any atom is 0.277 e. The van der Waals surface area contributed by atoms with Crippen LogP contribution in [0.4, 0.5) is 11.5 Å². The van der Waals surface area contributed by atoms with E-state index in [9.17, 15) is 14.4 Å². The molecule has 40 heavy (non-hydrogen) atoms. The van der Waals surface area contributed by atoms with E-state index in [4.69, 9.17) is 5.73 Å². The zero-order chi connectivity index (χ0) is 29.0. The summed E-state index contributed by atoms with van der Waals surface area (Å²) in [6, 6.07) is 3.47. The highest BCUT2D eigenvalue weighted by molar-refractivity contribution is 6.13. The van der Waals surface area contributed by atoms with Gasteiger partial charge in [0.15, 0.2) is 11.3 Å². The molecular formula is C28H37N9O3. The SMILES string of the molecule is CNC/C=C/C(=O)N1CCCC(n2nc(C(=O)Nc3ccc(CC(=O)N(C)C)c(C)c3C)c3c(N)ncnc32)C1. The topological polar surface area (TPSA) is 151 Å². The molecule has 3 heterocycles. The van der Waals surface area contributed by atoms with Crippen molar-refractivity contribution in [2.75, 3.05) is 51.8 Å². The Morgan fingerprint density at radius 1 is 1.18 bits per heavy atom. The number of carbonyl (C=O) groups is 3. The van der Waals surface area contributed by atoms with Gasteiger partial charge in [0.25, 0.3) is 5.91 Å². The van der Waals surface area contributed by atoms with Crippen molar-refractivity contribution < 1.29 is 14.4 Å². The van der Waals surface area contributed by atoms with Gasteiger partial charge in [-0.05, 0) is 56.5 Å². The number of piperidine rings is 1. The van der Waals surface area contributed by atoms with Crippen LogP contribution in [0.1, 0.15) is 46.1 Å². The molecule has 0 bridgehead atoms. The van der Waals surface area contributed by atoms with E-state index >= 15 is 0 Å². The fraction of sp³-hybridized carbons (Fsp3) is 0.429. The molecule has 1 aliphatic heterocycles. The lowest BCUT2D eigenvalue weighted by atomic mass is 9.98. The number of nitrogens with zero attached hydrogens (tertiary/aromatic N) is 6. The van der Waals surface area contributed by atoms with E-state index in [2.05, 4.69) is 25.7 Å². The highest BCUT2D eigenvalue weighted by atomic mass is 16.2. The van der Waals surface area contributed by atoms with Gasteiger partial charge in [-0.1, -0.05) is 12.1 Å². The smallest absolute Gasteiger partial charge is 0.277 e. The molecule has 1 fully saturated rings. The number of hydrogen-bond donors (Lipinski definition) is 3. The first-order valence-corrected chi connectivity index (χ1v) is 13.3. The highest BCUT2D eigenvalue weighted by Gasteiger charge is 2.29. The van der Waals surface area contributed by atoms with Gasteiger partial charge in [0.2, 0.25) is 11.8 Å². The summed E-state index contributed by atoms with van der Waals surface area (Å²) in [5, 5.41) is 11.0. The molecule has 1 atom stereocenters. The minimum atomic E-state index is -0.441. The Hall–Kier alpha value is -4.32. The number of amides is 3. The summed E-state index contributed by atoms with van der Waals surface area (Å²) in [5.41, 5.74) is 10.1. The van der Waals surface area contributed by atoms with Crippen LogP contribution in [-0.2, 0) is 16.0 Å². The number of benzene rings is 1. The summed E-state index contributed by atoms with van der Waals surface area (Å²) in [6.45, 7) is 5.54. The molecule has 0 aliphatic carbocycles. The van der Waals surface area contributed by atoms with Crippen LogP contribution in [-0.4, -0.2) is 88.0 Å². The Morgan fingerprint density at radius 2 is 1.95 bits per heavy atom. The molecule has 212 valence electrons. The van der Waals surface area contributed by atoms with E-state index in [0.717, 1.165) is 29.5 Å². The molecule has 4 rings (SSSR count). The monoisotopic (exact) mass is 547 g/mol. The molecule has 1 aliphatic rings. The molecule has 3 aromatic rings. The molecule has 2 aromatic heterocycles. The van der Waals surface area contributed by atoms with Crippen LogP contribution in [0, 0.1) is 13.8 Å². The van der Waals surface area contributed by atoms with Gasteiger partial charge in [0, 0.05) is 45.5 Å². The van der Waals surface area contributed by atoms with Gasteiger partial charge in [-0.2, -0.15) is 5.10 Å². The third kappa shape index (κ3) is 5.96. The summed E-state index contributed by atoms with van der Waals surface area (Å²) in [7, 11) is 5.27. The number of likely N-dealkylation sites (tertiary alicyclic amines) is 1. The number of fused-ring (bicyclic) bond motifs is 1. The summed E-state index contributed by atoms with van der Waals surface area (Å²) in [4.78, 5) is 50.4. The van der Waals surface area contributed by atoms with Crippen LogP contribution in [0.15, 0.2) is 30.6 Å². The average Bonchev–Trinajstić information content (AvgIpc) is 3.34. The van der Waals surface area contributed by atoms with Crippen LogP contribution in [0.25, 0.3) is 11.0 Å². The Kier molecular flexibility index (Phi) is 8.78. The zero-order valence-corrected chi connectivity index (χ0v) is 23.7. The Morgan fingerprint density at radius 3 is 2.67 bits per heavy atom. The van der Waals surface area contributed by atoms with E-state index < -0.39 is 5.91 Å². The predicted octanol–water partition coefficient (Wildman–Crippen LogP) is 1.85. The number of nitrogen functional groups attached to an aromatic ring is 1. The number of anilines is 2. The first-order valence-electron chi connectivity index (χ1n) is 13.3. The van der Waals surface area contributed by atoms with Crippen LogP contribution < -0.4 is 16.4 Å². The summed E-state index contributed by atoms with van der Waals surface area (Å²) in [5.74, 6) is -0.344. The lowest BCUT2D eigenvalue weighted by Gasteiger charge is -2.32. The first kappa shape index (κ1) is 28.7. The molecule has 4 N–H and O–H groups in total. The first-order chi connectivity index (χ1) is 19.1. The fourth-order valence-corrected chi connectivity index (χ4v) is 4.85. The van der Waals surface area contributed by atoms with Gasteiger partial charge in [0.1, 0.15) is 12.1 Å². The van der Waals surface area contributed by atoms with Crippen LogP contribution in [0.3, 0.4) is 0 Å². The molecule has 1 aromatic carbocycles. The van der Waals surface area contributed by atoms with E-state index in [1.54, 1.807) is 46.8 Å². The number of nitrogens with two attached hydrogens (primary N) is 1. The second-order valence-corrected chi connectivity index (χ2v) is 10.2. The van der Waals surface area contributed by atoms with Gasteiger partial charge in [-0.15, -0.1) is 0 Å². The fourth-order valence-electron chi connectivity index (χ4n) is 4.85. The lowest BCUT2D eigenvalue weighted by Crippen LogP contribution is -2.40. The normalized spacial score (nSPS) is 15.5. The average molecular weight is 548 g/mol. The third-order valence-corrected chi connectivity index (χ3v) is 7.36. The van der Waals surface area contributed by atoms with Crippen molar-refractivity contribution in [3.05, 3.63) is 53.0 Å². The Labute approximate surface area is 233 Å². The molecule has 0 spiro atoms. The van der Waals surface area contributed by atoms with Gasteiger partial charge in [0.05, 0.1) is 17.8 Å². The van der Waals surface area contributed by atoms with Gasteiger partial charge in [-0.25, -0.2) is 14.6 Å². The number of rotatable bonds is 8. The van der Waals surface area contributed by atoms with Crippen molar-refractivity contribution in [1.29, 1.82) is 0 Å². The second kappa shape index (κ2) is 12.2. The van der Waals surface area contributed by atoms with Crippen molar-refractivity contribution in [2.24, 2.45) is 0 Å². The molecule has 12 nitrogen and oxygen atoms in total. The summed E-state index contributed by atoms with van der Waals surface area (Å²) in [6.07, 6.45) is 6.57. The molecular weight excluding hydrogens is 510 g/mol. The zero-order valence-electron chi connectivity index (χ0n) is 23.7. The van der Waals surface area contributed by atoms with Gasteiger partial charge < -0.3 is 26.2 Å². The number of likely N-dealkylation sites (N-methyl/N-ethyl adjacent to an activating group) is 2.